The molecule has 2 heterocycles. The Morgan fingerprint density at radius 2 is 2.08 bits per heavy atom. The van der Waals surface area contributed by atoms with E-state index in [0.29, 0.717) is 22.0 Å². The van der Waals surface area contributed by atoms with Gasteiger partial charge < -0.3 is 5.73 Å². The minimum atomic E-state index is -0.578. The average molecular weight is 369 g/mol. The van der Waals surface area contributed by atoms with Crippen LogP contribution in [0.2, 0.25) is 0 Å². The number of hydrogen-bond acceptors (Lipinski definition) is 4. The summed E-state index contributed by atoms with van der Waals surface area (Å²) in [5.41, 5.74) is 7.11. The molecule has 0 amide bonds. The fourth-order valence-electron chi connectivity index (χ4n) is 3.78. The van der Waals surface area contributed by atoms with Gasteiger partial charge in [0.1, 0.15) is 17.3 Å². The van der Waals surface area contributed by atoms with Crippen LogP contribution in [-0.4, -0.2) is 15.9 Å². The molecule has 1 fully saturated rings. The van der Waals surface area contributed by atoms with Crippen molar-refractivity contribution in [1.29, 1.82) is 0 Å². The van der Waals surface area contributed by atoms with Gasteiger partial charge in [-0.05, 0) is 55.0 Å². The summed E-state index contributed by atoms with van der Waals surface area (Å²) in [5, 5.41) is 0.523. The van der Waals surface area contributed by atoms with Crippen LogP contribution in [0, 0.1) is 29.4 Å². The van der Waals surface area contributed by atoms with E-state index in [9.17, 15) is 8.78 Å². The first-order valence-electron chi connectivity index (χ1n) is 8.48. The zero-order chi connectivity index (χ0) is 18.1. The number of aliphatic imine (C=N–C) groups is 1. The second-order valence-electron chi connectivity index (χ2n) is 6.58. The van der Waals surface area contributed by atoms with Gasteiger partial charge in [-0.25, -0.2) is 13.8 Å². The van der Waals surface area contributed by atoms with Crippen molar-refractivity contribution in [1.82, 2.24) is 4.98 Å². The van der Waals surface area contributed by atoms with E-state index in [0.717, 1.165) is 31.2 Å². The van der Waals surface area contributed by atoms with E-state index < -0.39 is 11.4 Å². The number of nitrogens with two attached hydrogens (primary N) is 1. The zero-order valence-corrected chi connectivity index (χ0v) is 14.8. The van der Waals surface area contributed by atoms with Crippen LogP contribution in [-0.2, 0) is 5.54 Å². The molecule has 2 unspecified atom stereocenters. The van der Waals surface area contributed by atoms with Gasteiger partial charge in [-0.2, -0.15) is 0 Å². The molecule has 1 aromatic carbocycles. The van der Waals surface area contributed by atoms with E-state index in [-0.39, 0.29) is 11.7 Å². The highest BCUT2D eigenvalue weighted by Gasteiger charge is 2.47. The number of thioether (sulfide) groups is 1. The Bertz CT molecular complexity index is 930. The number of fused-ring (bicyclic) bond motifs is 1. The standard InChI is InChI=1S/C20H17F2N3S/c21-15-5-7-16(24-11-15)6-3-13-4-8-18(22)17(10-13)20-9-1-2-14(20)12-26-19(23)25-20/h4-5,7-8,10-11,14H,1-2,9,12H2,(H2,23,25). The maximum absolute atomic E-state index is 14.7. The number of hydrogen-bond donors (Lipinski definition) is 1. The minimum Gasteiger partial charge on any atom is -0.379 e. The van der Waals surface area contributed by atoms with Crippen molar-refractivity contribution in [3.63, 3.8) is 0 Å². The van der Waals surface area contributed by atoms with Crippen molar-refractivity contribution in [3.8, 4) is 11.8 Å². The Kier molecular flexibility index (Phi) is 4.41. The molecule has 0 saturated heterocycles. The summed E-state index contributed by atoms with van der Waals surface area (Å²) in [6.45, 7) is 0. The second-order valence-corrected chi connectivity index (χ2v) is 7.62. The van der Waals surface area contributed by atoms with Crippen LogP contribution < -0.4 is 5.73 Å². The van der Waals surface area contributed by atoms with Gasteiger partial charge >= 0.3 is 0 Å². The van der Waals surface area contributed by atoms with Crippen LogP contribution in [0.1, 0.15) is 36.1 Å². The third kappa shape index (κ3) is 3.08. The van der Waals surface area contributed by atoms with E-state index in [4.69, 9.17) is 10.7 Å². The van der Waals surface area contributed by atoms with Crippen molar-refractivity contribution in [3.05, 3.63) is 65.0 Å². The highest BCUT2D eigenvalue weighted by molar-refractivity contribution is 8.13. The Hall–Kier alpha value is -2.39. The van der Waals surface area contributed by atoms with Crippen molar-refractivity contribution >= 4 is 16.9 Å². The van der Waals surface area contributed by atoms with Crippen molar-refractivity contribution < 1.29 is 8.78 Å². The molecule has 1 aromatic heterocycles. The van der Waals surface area contributed by atoms with Gasteiger partial charge in [0.05, 0.1) is 11.7 Å². The van der Waals surface area contributed by atoms with Crippen molar-refractivity contribution in [2.75, 3.05) is 5.75 Å². The molecule has 0 spiro atoms. The summed E-state index contributed by atoms with van der Waals surface area (Å²) in [6, 6.07) is 7.68. The van der Waals surface area contributed by atoms with Crippen molar-refractivity contribution in [2.45, 2.75) is 24.8 Å². The number of nitrogens with zero attached hydrogens (tertiary/aromatic N) is 2. The lowest BCUT2D eigenvalue weighted by atomic mass is 9.80. The lowest BCUT2D eigenvalue weighted by Gasteiger charge is -2.36. The van der Waals surface area contributed by atoms with Gasteiger partial charge in [0.15, 0.2) is 5.17 Å². The summed E-state index contributed by atoms with van der Waals surface area (Å²) in [5.74, 6) is 6.35. The molecule has 132 valence electrons. The number of pyridine rings is 1. The van der Waals surface area contributed by atoms with Gasteiger partial charge in [0, 0.05) is 16.9 Å². The Labute approximate surface area is 155 Å². The summed E-state index contributed by atoms with van der Waals surface area (Å²) >= 11 is 1.54. The van der Waals surface area contributed by atoms with Crippen molar-refractivity contribution in [2.24, 2.45) is 16.6 Å². The van der Waals surface area contributed by atoms with Crippen LogP contribution in [0.4, 0.5) is 8.78 Å². The van der Waals surface area contributed by atoms with Crippen LogP contribution in [0.25, 0.3) is 0 Å². The molecule has 3 nitrogen and oxygen atoms in total. The molecule has 0 radical (unpaired) electrons. The molecule has 1 aliphatic carbocycles. The third-order valence-corrected chi connectivity index (χ3v) is 5.98. The highest BCUT2D eigenvalue weighted by Crippen LogP contribution is 2.51. The molecular formula is C20H17F2N3S. The zero-order valence-electron chi connectivity index (χ0n) is 14.0. The first kappa shape index (κ1) is 17.0. The van der Waals surface area contributed by atoms with Crippen LogP contribution >= 0.6 is 11.8 Å². The number of aromatic nitrogens is 1. The number of halogens is 2. The van der Waals surface area contributed by atoms with Gasteiger partial charge in [-0.15, -0.1) is 0 Å². The van der Waals surface area contributed by atoms with Gasteiger partial charge in [-0.3, -0.25) is 4.99 Å². The molecule has 1 saturated carbocycles. The molecule has 26 heavy (non-hydrogen) atoms. The molecule has 2 aliphatic rings. The number of benzene rings is 1. The van der Waals surface area contributed by atoms with E-state index in [1.165, 1.54) is 18.2 Å². The summed E-state index contributed by atoms with van der Waals surface area (Å²) in [7, 11) is 0. The first-order chi connectivity index (χ1) is 12.6. The Morgan fingerprint density at radius 3 is 2.88 bits per heavy atom. The van der Waals surface area contributed by atoms with E-state index in [1.807, 2.05) is 0 Å². The van der Waals surface area contributed by atoms with Gasteiger partial charge in [-0.1, -0.05) is 24.1 Å². The average Bonchev–Trinajstić information content (AvgIpc) is 3.06. The fourth-order valence-corrected chi connectivity index (χ4v) is 4.82. The van der Waals surface area contributed by atoms with E-state index >= 15 is 0 Å². The monoisotopic (exact) mass is 369 g/mol. The molecule has 2 aromatic rings. The number of rotatable bonds is 1. The second kappa shape index (κ2) is 6.73. The van der Waals surface area contributed by atoms with E-state index in [1.54, 1.807) is 23.9 Å². The summed E-state index contributed by atoms with van der Waals surface area (Å²) < 4.78 is 27.6. The molecule has 1 aliphatic heterocycles. The Balaban J connectivity index is 1.73. The molecule has 6 heteroatoms. The quantitative estimate of drug-likeness (QED) is 0.778. The van der Waals surface area contributed by atoms with Gasteiger partial charge in [0.25, 0.3) is 0 Å². The molecular weight excluding hydrogens is 352 g/mol. The maximum atomic E-state index is 14.7. The predicted molar refractivity (Wildman–Crippen MR) is 99.7 cm³/mol. The smallest absolute Gasteiger partial charge is 0.154 e. The van der Waals surface area contributed by atoms with Gasteiger partial charge in [0.2, 0.25) is 0 Å². The molecule has 2 N–H and O–H groups in total. The third-order valence-electron chi connectivity index (χ3n) is 5.02. The maximum Gasteiger partial charge on any atom is 0.154 e. The topological polar surface area (TPSA) is 51.3 Å². The molecule has 4 rings (SSSR count). The minimum absolute atomic E-state index is 0.272. The lowest BCUT2D eigenvalue weighted by Crippen LogP contribution is -2.37. The summed E-state index contributed by atoms with van der Waals surface area (Å²) in [4.78, 5) is 8.61. The SMILES string of the molecule is NC1=NC2(c3cc(C#Cc4ccc(F)cn4)ccc3F)CCCC2CS1. The van der Waals surface area contributed by atoms with Crippen LogP contribution in [0.15, 0.2) is 41.5 Å². The number of amidine groups is 1. The van der Waals surface area contributed by atoms with E-state index in [2.05, 4.69) is 16.8 Å². The van der Waals surface area contributed by atoms with Crippen LogP contribution in [0.3, 0.4) is 0 Å². The fraction of sp³-hybridized carbons (Fsp3) is 0.300. The highest BCUT2D eigenvalue weighted by atomic mass is 32.2. The largest absolute Gasteiger partial charge is 0.379 e. The normalized spacial score (nSPS) is 24.4. The molecule has 2 atom stereocenters. The Morgan fingerprint density at radius 1 is 1.19 bits per heavy atom. The molecule has 0 bridgehead atoms. The van der Waals surface area contributed by atoms with Crippen LogP contribution in [0.5, 0.6) is 0 Å². The first-order valence-corrected chi connectivity index (χ1v) is 9.47. The summed E-state index contributed by atoms with van der Waals surface area (Å²) in [6.07, 6.45) is 3.96. The predicted octanol–water partition coefficient (Wildman–Crippen LogP) is 3.82. The lowest BCUT2D eigenvalue weighted by molar-refractivity contribution is 0.341.